The summed E-state index contributed by atoms with van der Waals surface area (Å²) in [6.07, 6.45) is 5.54. The zero-order valence-corrected chi connectivity index (χ0v) is 20.5. The van der Waals surface area contributed by atoms with Gasteiger partial charge in [0.15, 0.2) is 0 Å². The van der Waals surface area contributed by atoms with E-state index in [2.05, 4.69) is 27.5 Å². The molecule has 1 aromatic carbocycles. The van der Waals surface area contributed by atoms with Gasteiger partial charge >= 0.3 is 0 Å². The Morgan fingerprint density at radius 3 is 3.08 bits per heavy atom. The first-order valence-corrected chi connectivity index (χ1v) is 12.5. The van der Waals surface area contributed by atoms with Crippen molar-refractivity contribution in [2.45, 2.75) is 69.5 Å². The zero-order chi connectivity index (χ0) is 24.9. The van der Waals surface area contributed by atoms with Gasteiger partial charge in [-0.15, -0.1) is 5.10 Å². The van der Waals surface area contributed by atoms with Gasteiger partial charge in [0.25, 0.3) is 0 Å². The summed E-state index contributed by atoms with van der Waals surface area (Å²) in [5, 5.41) is 12.7. The highest BCUT2D eigenvalue weighted by Crippen LogP contribution is 2.59. The number of amides is 1. The van der Waals surface area contributed by atoms with Gasteiger partial charge in [-0.3, -0.25) is 14.2 Å². The average molecular weight is 496 g/mol. The van der Waals surface area contributed by atoms with E-state index in [-0.39, 0.29) is 35.7 Å². The van der Waals surface area contributed by atoms with Crippen molar-refractivity contribution in [2.24, 2.45) is 0 Å². The van der Waals surface area contributed by atoms with Gasteiger partial charge in [0.1, 0.15) is 23.7 Å². The van der Waals surface area contributed by atoms with E-state index in [0.29, 0.717) is 25.5 Å². The number of hydrogen-bond donors (Lipinski definition) is 1. The molecule has 190 valence electrons. The highest BCUT2D eigenvalue weighted by molar-refractivity contribution is 5.84. The molecule has 1 saturated carbocycles. The molecule has 2 bridgehead atoms. The van der Waals surface area contributed by atoms with Crippen molar-refractivity contribution in [3.63, 3.8) is 0 Å². The van der Waals surface area contributed by atoms with Crippen molar-refractivity contribution in [3.8, 4) is 5.75 Å². The van der Waals surface area contributed by atoms with Crippen molar-refractivity contribution in [3.05, 3.63) is 47.4 Å². The molecule has 0 radical (unpaired) electrons. The van der Waals surface area contributed by atoms with Crippen LogP contribution in [-0.2, 0) is 32.8 Å². The van der Waals surface area contributed by atoms with Gasteiger partial charge in [0.2, 0.25) is 5.91 Å². The number of nitrogens with one attached hydrogen (secondary N) is 1. The van der Waals surface area contributed by atoms with Gasteiger partial charge in [-0.1, -0.05) is 5.21 Å². The first kappa shape index (κ1) is 23.3. The molecule has 7 rings (SSSR count). The molecule has 4 aliphatic rings. The molecule has 1 N–H and O–H groups in total. The largest absolute Gasteiger partial charge is 0.484 e. The predicted octanol–water partition coefficient (Wildman–Crippen LogP) is 3.16. The Kier molecular flexibility index (Phi) is 5.68. The number of nitrogens with zero attached hydrogens (tertiary/aromatic N) is 4. The Balaban J connectivity index is 1.19. The van der Waals surface area contributed by atoms with Crippen LogP contribution in [0.2, 0.25) is 0 Å². The van der Waals surface area contributed by atoms with Crippen LogP contribution in [0.4, 0.5) is 4.39 Å². The molecular weight excluding hydrogens is 465 g/mol. The summed E-state index contributed by atoms with van der Waals surface area (Å²) in [7, 11) is 0. The number of alkyl halides is 1. The fraction of sp³-hybridized carbons (Fsp3) is 0.538. The fourth-order valence-corrected chi connectivity index (χ4v) is 5.99. The number of hydrogen-bond acceptors (Lipinski definition) is 7. The average Bonchev–Trinajstić information content (AvgIpc) is 3.53. The van der Waals surface area contributed by atoms with Crippen molar-refractivity contribution in [1.29, 1.82) is 0 Å². The third kappa shape index (κ3) is 3.92. The van der Waals surface area contributed by atoms with Crippen LogP contribution in [-0.4, -0.2) is 57.4 Å². The number of pyridine rings is 1. The first-order chi connectivity index (χ1) is 17.4. The molecule has 3 aliphatic heterocycles. The topological polar surface area (TPSA) is 100 Å². The number of aromatic nitrogens is 4. The molecule has 3 aromatic rings. The van der Waals surface area contributed by atoms with E-state index < -0.39 is 6.67 Å². The highest BCUT2D eigenvalue weighted by atomic mass is 19.1. The minimum Gasteiger partial charge on any atom is -0.484 e. The first-order valence-electron chi connectivity index (χ1n) is 12.5. The van der Waals surface area contributed by atoms with Crippen LogP contribution in [0.5, 0.6) is 5.75 Å². The van der Waals surface area contributed by atoms with Crippen molar-refractivity contribution < 1.29 is 23.4 Å². The molecule has 1 unspecified atom stereocenters. The Morgan fingerprint density at radius 2 is 2.25 bits per heavy atom. The van der Waals surface area contributed by atoms with Crippen molar-refractivity contribution in [1.82, 2.24) is 25.3 Å². The normalized spacial score (nSPS) is 27.4. The van der Waals surface area contributed by atoms with E-state index >= 15 is 0 Å². The third-order valence-electron chi connectivity index (χ3n) is 7.68. The van der Waals surface area contributed by atoms with Gasteiger partial charge in [-0.05, 0) is 49.6 Å². The molecular formula is C26H30FN5O4. The van der Waals surface area contributed by atoms with Gasteiger partial charge in [0, 0.05) is 31.0 Å². The quantitative estimate of drug-likeness (QED) is 0.512. The summed E-state index contributed by atoms with van der Waals surface area (Å²) >= 11 is 0. The van der Waals surface area contributed by atoms with Gasteiger partial charge in [0.05, 0.1) is 49.2 Å². The number of fused-ring (bicyclic) bond motifs is 4. The predicted molar refractivity (Wildman–Crippen MR) is 128 cm³/mol. The third-order valence-corrected chi connectivity index (χ3v) is 7.68. The number of carbonyl (C=O) groups excluding carboxylic acids is 1. The summed E-state index contributed by atoms with van der Waals surface area (Å²) in [5.74, 6) is 0.435. The van der Waals surface area contributed by atoms with Crippen LogP contribution in [0.3, 0.4) is 0 Å². The Labute approximate surface area is 208 Å². The SMILES string of the molecule is C[C@@H](Oc1ccc2ncc3c(c2c1)CCOC3)c1cn(C23CC(C)(C2)OC3CNC(=O)CCF)nn1. The van der Waals surface area contributed by atoms with Crippen LogP contribution < -0.4 is 10.1 Å². The minimum atomic E-state index is -0.671. The van der Waals surface area contributed by atoms with E-state index in [9.17, 15) is 9.18 Å². The minimum absolute atomic E-state index is 0.138. The van der Waals surface area contributed by atoms with Crippen LogP contribution in [0.25, 0.3) is 10.9 Å². The maximum atomic E-state index is 12.5. The monoisotopic (exact) mass is 495 g/mol. The van der Waals surface area contributed by atoms with Gasteiger partial charge < -0.3 is 19.5 Å². The molecule has 5 heterocycles. The smallest absolute Gasteiger partial charge is 0.222 e. The highest BCUT2D eigenvalue weighted by Gasteiger charge is 2.67. The Morgan fingerprint density at radius 1 is 1.39 bits per heavy atom. The summed E-state index contributed by atoms with van der Waals surface area (Å²) < 4.78 is 32.4. The zero-order valence-electron chi connectivity index (χ0n) is 20.5. The summed E-state index contributed by atoms with van der Waals surface area (Å²) in [6, 6.07) is 5.96. The van der Waals surface area contributed by atoms with E-state index in [1.807, 2.05) is 42.2 Å². The second-order valence-corrected chi connectivity index (χ2v) is 10.3. The van der Waals surface area contributed by atoms with E-state index in [0.717, 1.165) is 41.5 Å². The molecule has 10 heteroatoms. The second-order valence-electron chi connectivity index (χ2n) is 10.3. The fourth-order valence-electron chi connectivity index (χ4n) is 5.99. The molecule has 3 fully saturated rings. The number of ether oxygens (including phenoxy) is 3. The number of carbonyl (C=O) groups is 1. The van der Waals surface area contributed by atoms with Crippen LogP contribution >= 0.6 is 0 Å². The summed E-state index contributed by atoms with van der Waals surface area (Å²) in [5.41, 5.74) is 3.44. The lowest BCUT2D eigenvalue weighted by molar-refractivity contribution is -0.122. The van der Waals surface area contributed by atoms with E-state index in [1.165, 1.54) is 5.56 Å². The maximum absolute atomic E-state index is 12.5. The van der Waals surface area contributed by atoms with Crippen LogP contribution in [0.1, 0.15) is 56.0 Å². The van der Waals surface area contributed by atoms with E-state index in [1.54, 1.807) is 0 Å². The van der Waals surface area contributed by atoms with Crippen LogP contribution in [0, 0.1) is 0 Å². The molecule has 0 spiro atoms. The Hall–Kier alpha value is -3.11. The summed E-state index contributed by atoms with van der Waals surface area (Å²) in [4.78, 5) is 16.4. The number of rotatable bonds is 8. The summed E-state index contributed by atoms with van der Waals surface area (Å²) in [6.45, 7) is 4.96. The van der Waals surface area contributed by atoms with Crippen LogP contribution in [0.15, 0.2) is 30.6 Å². The lowest BCUT2D eigenvalue weighted by Gasteiger charge is -2.43. The van der Waals surface area contributed by atoms with Gasteiger partial charge in [-0.25, -0.2) is 4.68 Å². The molecule has 2 aromatic heterocycles. The molecule has 2 saturated heterocycles. The lowest BCUT2D eigenvalue weighted by atomic mass is 9.67. The van der Waals surface area contributed by atoms with Gasteiger partial charge in [-0.2, -0.15) is 0 Å². The second kappa shape index (κ2) is 8.77. The maximum Gasteiger partial charge on any atom is 0.222 e. The molecule has 1 amide bonds. The van der Waals surface area contributed by atoms with E-state index in [4.69, 9.17) is 14.2 Å². The standard InChI is InChI=1S/C26H30FN5O4/c1-16(35-18-3-4-21-20(9-18)19-6-8-34-13-17(19)10-28-21)22-12-32(31-30-22)26-14-25(2,15-26)36-23(26)11-29-24(33)5-7-27/h3-4,9-10,12,16,23H,5-8,11,13-15H2,1-2H3,(H,29,33)/t16-,23?,25?,26?/m1/s1. The Bertz CT molecular complexity index is 1300. The molecule has 36 heavy (non-hydrogen) atoms. The molecule has 2 atom stereocenters. The lowest BCUT2D eigenvalue weighted by Crippen LogP contribution is -2.53. The number of halogens is 1. The van der Waals surface area contributed by atoms with Crippen molar-refractivity contribution in [2.75, 3.05) is 19.8 Å². The molecule has 1 aliphatic carbocycles. The van der Waals surface area contributed by atoms with Crippen molar-refractivity contribution >= 4 is 16.8 Å². The molecule has 9 nitrogen and oxygen atoms in total. The number of benzene rings is 1.